The van der Waals surface area contributed by atoms with E-state index in [4.69, 9.17) is 4.74 Å². The van der Waals surface area contributed by atoms with Gasteiger partial charge in [-0.05, 0) is 56.5 Å². The monoisotopic (exact) mass is 512 g/mol. The molecular formula is C29H44N4O2S. The lowest BCUT2D eigenvalue weighted by Crippen LogP contribution is -2.51. The van der Waals surface area contributed by atoms with Crippen LogP contribution in [-0.4, -0.2) is 90.7 Å². The summed E-state index contributed by atoms with van der Waals surface area (Å²) in [6.07, 6.45) is 9.26. The first-order chi connectivity index (χ1) is 17.2. The van der Waals surface area contributed by atoms with E-state index in [-0.39, 0.29) is 6.04 Å². The van der Waals surface area contributed by atoms with E-state index in [1.807, 2.05) is 30.3 Å². The summed E-state index contributed by atoms with van der Waals surface area (Å²) < 4.78 is 17.9. The number of ether oxygens (including phenoxy) is 1. The summed E-state index contributed by atoms with van der Waals surface area (Å²) >= 11 is 0. The average Bonchev–Trinajstić information content (AvgIpc) is 3.40. The van der Waals surface area contributed by atoms with Crippen molar-refractivity contribution in [2.45, 2.75) is 44.2 Å². The summed E-state index contributed by atoms with van der Waals surface area (Å²) in [5.74, 6) is 1.22. The fourth-order valence-electron chi connectivity index (χ4n) is 4.94. The van der Waals surface area contributed by atoms with E-state index in [0.717, 1.165) is 62.0 Å². The van der Waals surface area contributed by atoms with Gasteiger partial charge in [0.25, 0.3) is 0 Å². The van der Waals surface area contributed by atoms with Gasteiger partial charge in [0.15, 0.2) is 0 Å². The van der Waals surface area contributed by atoms with Crippen molar-refractivity contribution in [2.75, 3.05) is 65.1 Å². The maximum absolute atomic E-state index is 12.3. The molecule has 198 valence electrons. The minimum absolute atomic E-state index is 0.0171. The van der Waals surface area contributed by atoms with Crippen LogP contribution in [0.25, 0.3) is 0 Å². The van der Waals surface area contributed by atoms with Crippen LogP contribution in [0, 0.1) is 0 Å². The van der Waals surface area contributed by atoms with E-state index in [2.05, 4.69) is 73.6 Å². The molecule has 2 heterocycles. The number of piperazine rings is 1. The van der Waals surface area contributed by atoms with E-state index >= 15 is 0 Å². The van der Waals surface area contributed by atoms with Gasteiger partial charge in [0.2, 0.25) is 0 Å². The van der Waals surface area contributed by atoms with Gasteiger partial charge < -0.3 is 19.9 Å². The zero-order valence-corrected chi connectivity index (χ0v) is 23.7. The smallest absolute Gasteiger partial charge is 0.104 e. The summed E-state index contributed by atoms with van der Waals surface area (Å²) in [7, 11) is 3.18. The van der Waals surface area contributed by atoms with Crippen molar-refractivity contribution in [3.8, 4) is 0 Å². The van der Waals surface area contributed by atoms with Gasteiger partial charge in [-0.3, -0.25) is 9.11 Å². The molecule has 2 unspecified atom stereocenters. The average molecular weight is 513 g/mol. The molecule has 7 heteroatoms. The van der Waals surface area contributed by atoms with E-state index in [1.54, 1.807) is 6.26 Å². The highest BCUT2D eigenvalue weighted by molar-refractivity contribution is 7.84. The zero-order chi connectivity index (χ0) is 26.2. The second-order valence-corrected chi connectivity index (χ2v) is 11.3. The molecule has 2 aliphatic rings. The molecule has 0 aliphatic carbocycles. The van der Waals surface area contributed by atoms with Gasteiger partial charge in [0.1, 0.15) is 5.82 Å². The van der Waals surface area contributed by atoms with Crippen molar-refractivity contribution in [1.82, 2.24) is 14.7 Å². The van der Waals surface area contributed by atoms with Crippen molar-refractivity contribution in [3.05, 3.63) is 71.6 Å². The first-order valence-electron chi connectivity index (χ1n) is 12.9. The number of benzene rings is 1. The SMILES string of the molecule is C=C\C(C)=C/C(=C(C)/C=C(\N(C)C)N1CCN(C2CCOC2)CC1)[C@@H](C)Nc1ccccc1S(C)=O. The van der Waals surface area contributed by atoms with E-state index < -0.39 is 10.8 Å². The minimum Gasteiger partial charge on any atom is -0.380 e. The number of rotatable bonds is 10. The Bertz CT molecular complexity index is 1020. The largest absolute Gasteiger partial charge is 0.380 e. The lowest BCUT2D eigenvalue weighted by atomic mass is 9.99. The number of hydrogen-bond acceptors (Lipinski definition) is 6. The Hall–Kier alpha value is -2.35. The number of nitrogens with one attached hydrogen (secondary N) is 1. The molecule has 36 heavy (non-hydrogen) atoms. The van der Waals surface area contributed by atoms with Crippen LogP contribution in [0.5, 0.6) is 0 Å². The summed E-state index contributed by atoms with van der Waals surface area (Å²) in [6.45, 7) is 16.3. The van der Waals surface area contributed by atoms with E-state index in [1.165, 1.54) is 17.0 Å². The Morgan fingerprint density at radius 1 is 1.19 bits per heavy atom. The van der Waals surface area contributed by atoms with Gasteiger partial charge in [-0.15, -0.1) is 0 Å². The highest BCUT2D eigenvalue weighted by atomic mass is 32.2. The third kappa shape index (κ3) is 7.34. The number of anilines is 1. The van der Waals surface area contributed by atoms with Crippen LogP contribution < -0.4 is 5.32 Å². The van der Waals surface area contributed by atoms with Crippen molar-refractivity contribution in [2.24, 2.45) is 0 Å². The van der Waals surface area contributed by atoms with Gasteiger partial charge in [-0.1, -0.05) is 36.4 Å². The molecule has 0 saturated carbocycles. The van der Waals surface area contributed by atoms with Gasteiger partial charge in [0.05, 0.1) is 28.0 Å². The lowest BCUT2D eigenvalue weighted by molar-refractivity contribution is 0.0878. The van der Waals surface area contributed by atoms with Crippen LogP contribution >= 0.6 is 0 Å². The van der Waals surface area contributed by atoms with Gasteiger partial charge in [-0.25, -0.2) is 0 Å². The first-order valence-corrected chi connectivity index (χ1v) is 14.4. The Morgan fingerprint density at radius 3 is 2.47 bits per heavy atom. The topological polar surface area (TPSA) is 48.1 Å². The Kier molecular flexibility index (Phi) is 10.4. The fraction of sp³-hybridized carbons (Fsp3) is 0.517. The Labute approximate surface area is 220 Å². The summed E-state index contributed by atoms with van der Waals surface area (Å²) in [6, 6.07) is 8.43. The molecule has 1 aromatic rings. The molecule has 0 spiro atoms. The molecule has 6 nitrogen and oxygen atoms in total. The maximum Gasteiger partial charge on any atom is 0.104 e. The normalized spacial score (nSPS) is 22.2. The predicted molar refractivity (Wildman–Crippen MR) is 153 cm³/mol. The van der Waals surface area contributed by atoms with E-state index in [9.17, 15) is 4.21 Å². The number of allylic oxidation sites excluding steroid dienone is 4. The molecule has 3 atom stereocenters. The summed E-state index contributed by atoms with van der Waals surface area (Å²) in [4.78, 5) is 8.11. The van der Waals surface area contributed by atoms with Crippen molar-refractivity contribution in [1.29, 1.82) is 0 Å². The molecule has 0 amide bonds. The highest BCUT2D eigenvalue weighted by Crippen LogP contribution is 2.25. The van der Waals surface area contributed by atoms with Gasteiger partial charge in [0, 0.05) is 65.2 Å². The van der Waals surface area contributed by atoms with Crippen molar-refractivity contribution >= 4 is 16.5 Å². The summed E-state index contributed by atoms with van der Waals surface area (Å²) in [5, 5.41) is 3.62. The zero-order valence-electron chi connectivity index (χ0n) is 22.9. The van der Waals surface area contributed by atoms with Crippen LogP contribution in [-0.2, 0) is 15.5 Å². The molecule has 0 bridgehead atoms. The standard InChI is InChI=1S/C29H44N4O2S/c1-8-22(2)19-26(24(4)30-27-11-9-10-12-28(27)36(7)34)23(3)20-29(31(5)6)33-16-14-32(15-17-33)25-13-18-35-21-25/h8-12,19-20,24-25,30H,1,13-18,21H2,2-7H3/b22-19-,26-23-,29-20+/t24-,25?,36?/m1/s1. The second kappa shape index (κ2) is 13.3. The number of hydrogen-bond donors (Lipinski definition) is 1. The lowest BCUT2D eigenvalue weighted by Gasteiger charge is -2.41. The molecular weight excluding hydrogens is 468 g/mol. The fourth-order valence-corrected chi connectivity index (χ4v) is 5.65. The maximum atomic E-state index is 12.3. The molecule has 2 saturated heterocycles. The predicted octanol–water partition coefficient (Wildman–Crippen LogP) is 4.48. The first kappa shape index (κ1) is 28.2. The Balaban J connectivity index is 1.88. The third-order valence-corrected chi connectivity index (χ3v) is 8.04. The van der Waals surface area contributed by atoms with Crippen LogP contribution in [0.1, 0.15) is 27.2 Å². The number of nitrogens with zero attached hydrogens (tertiary/aromatic N) is 3. The molecule has 0 aromatic heterocycles. The molecule has 2 aliphatic heterocycles. The quantitative estimate of drug-likeness (QED) is 0.467. The number of para-hydroxylation sites is 1. The minimum atomic E-state index is -1.06. The van der Waals surface area contributed by atoms with Crippen LogP contribution in [0.2, 0.25) is 0 Å². The molecule has 1 N–H and O–H groups in total. The molecule has 2 fully saturated rings. The second-order valence-electron chi connectivity index (χ2n) is 9.98. The third-order valence-electron chi connectivity index (χ3n) is 7.06. The van der Waals surface area contributed by atoms with Gasteiger partial charge in [-0.2, -0.15) is 0 Å². The molecule has 0 radical (unpaired) electrons. The highest BCUT2D eigenvalue weighted by Gasteiger charge is 2.28. The van der Waals surface area contributed by atoms with E-state index in [0.29, 0.717) is 6.04 Å². The van der Waals surface area contributed by atoms with Crippen LogP contribution in [0.15, 0.2) is 76.5 Å². The van der Waals surface area contributed by atoms with Crippen molar-refractivity contribution in [3.63, 3.8) is 0 Å². The molecule has 3 rings (SSSR count). The Morgan fingerprint density at radius 2 is 1.89 bits per heavy atom. The summed E-state index contributed by atoms with van der Waals surface area (Å²) in [5.41, 5.74) is 4.40. The van der Waals surface area contributed by atoms with Gasteiger partial charge >= 0.3 is 0 Å². The van der Waals surface area contributed by atoms with Crippen LogP contribution in [0.4, 0.5) is 5.69 Å². The molecule has 1 aromatic carbocycles. The van der Waals surface area contributed by atoms with Crippen LogP contribution in [0.3, 0.4) is 0 Å². The van der Waals surface area contributed by atoms with Crippen molar-refractivity contribution < 1.29 is 8.95 Å².